The molecule has 0 spiro atoms. The summed E-state index contributed by atoms with van der Waals surface area (Å²) in [5.41, 5.74) is 1.92. The number of pyridine rings is 1. The van der Waals surface area contributed by atoms with Crippen LogP contribution in [0.2, 0.25) is 0 Å². The highest BCUT2D eigenvalue weighted by molar-refractivity contribution is 5.71. The van der Waals surface area contributed by atoms with Crippen molar-refractivity contribution < 1.29 is 17.9 Å². The van der Waals surface area contributed by atoms with E-state index in [1.165, 1.54) is 7.11 Å². The van der Waals surface area contributed by atoms with Crippen molar-refractivity contribution in [2.24, 2.45) is 13.0 Å². The van der Waals surface area contributed by atoms with E-state index in [9.17, 15) is 13.2 Å². The van der Waals surface area contributed by atoms with E-state index < -0.39 is 11.7 Å². The molecule has 1 fully saturated rings. The third-order valence-electron chi connectivity index (χ3n) is 6.06. The summed E-state index contributed by atoms with van der Waals surface area (Å²) < 4.78 is 46.5. The number of rotatable bonds is 4. The third-order valence-corrected chi connectivity index (χ3v) is 6.06. The largest absolute Gasteiger partial charge is 0.496 e. The fourth-order valence-electron chi connectivity index (χ4n) is 4.45. The number of fused-ring (bicyclic) bond motifs is 1. The highest BCUT2D eigenvalue weighted by Crippen LogP contribution is 2.41. The van der Waals surface area contributed by atoms with Crippen molar-refractivity contribution in [1.29, 1.82) is 0 Å². The number of likely N-dealkylation sites (tertiary alicyclic amines) is 1. The van der Waals surface area contributed by atoms with E-state index in [1.807, 2.05) is 19.2 Å². The van der Waals surface area contributed by atoms with Gasteiger partial charge < -0.3 is 9.30 Å². The number of aromatic nitrogens is 3. The summed E-state index contributed by atoms with van der Waals surface area (Å²) in [5, 5.41) is 0. The Labute approximate surface area is 173 Å². The standard InChI is InChI=1S/C22H25F3N4O/c1-14-12-29(13-20-27-21-18(28(20)2)5-4-9-26-21)10-8-16(14)17-7-6-15(22(23,24)25)11-19(17)30-3/h4-7,9,11,14,16H,8,10,12-13H2,1-3H3/i3-1. The molecule has 0 N–H and O–H groups in total. The molecule has 160 valence electrons. The quantitative estimate of drug-likeness (QED) is 0.621. The van der Waals surface area contributed by atoms with Crippen LogP contribution < -0.4 is 4.74 Å². The molecule has 2 atom stereocenters. The zero-order chi connectivity index (χ0) is 21.5. The summed E-state index contributed by atoms with van der Waals surface area (Å²) in [5.74, 6) is 1.70. The van der Waals surface area contributed by atoms with Crippen molar-refractivity contribution >= 4 is 11.2 Å². The van der Waals surface area contributed by atoms with Gasteiger partial charge in [-0.2, -0.15) is 13.2 Å². The summed E-state index contributed by atoms with van der Waals surface area (Å²) >= 11 is 0. The van der Waals surface area contributed by atoms with E-state index in [0.717, 1.165) is 54.2 Å². The molecule has 2 unspecified atom stereocenters. The van der Waals surface area contributed by atoms with Crippen LogP contribution in [-0.4, -0.2) is 39.6 Å². The minimum absolute atomic E-state index is 0.153. The van der Waals surface area contributed by atoms with Crippen molar-refractivity contribution in [1.82, 2.24) is 19.4 Å². The van der Waals surface area contributed by atoms with E-state index in [2.05, 4.69) is 26.4 Å². The van der Waals surface area contributed by atoms with Crippen LogP contribution in [0.3, 0.4) is 0 Å². The number of halogens is 3. The van der Waals surface area contributed by atoms with E-state index in [0.29, 0.717) is 12.3 Å². The van der Waals surface area contributed by atoms with E-state index in [4.69, 9.17) is 4.74 Å². The maximum atomic E-state index is 13.0. The minimum atomic E-state index is -4.37. The molecule has 1 aliphatic heterocycles. The molecule has 0 amide bonds. The average Bonchev–Trinajstić information content (AvgIpc) is 3.03. The monoisotopic (exact) mass is 417 g/mol. The van der Waals surface area contributed by atoms with E-state index in [1.54, 1.807) is 12.3 Å². The number of alkyl halides is 3. The molecule has 0 radical (unpaired) electrons. The van der Waals surface area contributed by atoms with Crippen molar-refractivity contribution in [2.75, 3.05) is 20.2 Å². The maximum Gasteiger partial charge on any atom is 0.416 e. The van der Waals surface area contributed by atoms with Gasteiger partial charge in [-0.15, -0.1) is 0 Å². The number of benzene rings is 1. The second-order valence-electron chi connectivity index (χ2n) is 8.00. The predicted molar refractivity (Wildman–Crippen MR) is 108 cm³/mol. The fourth-order valence-corrected chi connectivity index (χ4v) is 4.45. The van der Waals surface area contributed by atoms with Gasteiger partial charge in [0.25, 0.3) is 0 Å². The Kier molecular flexibility index (Phi) is 5.44. The number of piperidine rings is 1. The smallest absolute Gasteiger partial charge is 0.416 e. The second-order valence-corrected chi connectivity index (χ2v) is 8.00. The Morgan fingerprint density at radius 2 is 2.03 bits per heavy atom. The van der Waals surface area contributed by atoms with Gasteiger partial charge in [-0.3, -0.25) is 4.90 Å². The third kappa shape index (κ3) is 3.88. The van der Waals surface area contributed by atoms with Crippen LogP contribution in [0, 0.1) is 5.92 Å². The molecule has 0 saturated carbocycles. The van der Waals surface area contributed by atoms with Crippen LogP contribution in [0.4, 0.5) is 13.2 Å². The summed E-state index contributed by atoms with van der Waals surface area (Å²) in [7, 11) is 3.42. The normalized spacial score (nSPS) is 20.6. The average molecular weight is 417 g/mol. The van der Waals surface area contributed by atoms with Gasteiger partial charge in [0.15, 0.2) is 5.65 Å². The highest BCUT2D eigenvalue weighted by atomic mass is 19.4. The summed E-state index contributed by atoms with van der Waals surface area (Å²) in [6.07, 6.45) is -1.78. The number of ether oxygens (including phenoxy) is 1. The molecule has 3 aromatic rings. The molecular formula is C22H25F3N4O. The van der Waals surface area contributed by atoms with Crippen LogP contribution in [0.25, 0.3) is 11.2 Å². The first-order valence-electron chi connectivity index (χ1n) is 10.0. The van der Waals surface area contributed by atoms with Crippen molar-refractivity contribution in [3.05, 3.63) is 53.5 Å². The Balaban J connectivity index is 1.50. The van der Waals surface area contributed by atoms with Gasteiger partial charge in [-0.1, -0.05) is 13.0 Å². The predicted octanol–water partition coefficient (Wildman–Crippen LogP) is 4.62. The molecule has 4 rings (SSSR count). The molecule has 1 saturated heterocycles. The summed E-state index contributed by atoms with van der Waals surface area (Å²) in [4.78, 5) is 11.3. The first kappa shape index (κ1) is 20.7. The molecule has 5 nitrogen and oxygen atoms in total. The van der Waals surface area contributed by atoms with Crippen LogP contribution in [0.1, 0.15) is 36.2 Å². The number of hydrogen-bond acceptors (Lipinski definition) is 4. The molecule has 1 aliphatic rings. The van der Waals surface area contributed by atoms with Gasteiger partial charge >= 0.3 is 6.18 Å². The lowest BCUT2D eigenvalue weighted by Gasteiger charge is -2.37. The Bertz CT molecular complexity index is 1050. The zero-order valence-electron chi connectivity index (χ0n) is 17.3. The fraction of sp³-hybridized carbons (Fsp3) is 0.455. The van der Waals surface area contributed by atoms with Gasteiger partial charge in [0, 0.05) is 19.8 Å². The van der Waals surface area contributed by atoms with Crippen molar-refractivity contribution in [3.8, 4) is 5.75 Å². The Morgan fingerprint density at radius 1 is 1.23 bits per heavy atom. The number of aryl methyl sites for hydroxylation is 1. The second kappa shape index (κ2) is 7.91. The topological polar surface area (TPSA) is 43.2 Å². The maximum absolute atomic E-state index is 13.0. The van der Waals surface area contributed by atoms with E-state index >= 15 is 0 Å². The number of imidazole rings is 1. The zero-order valence-corrected chi connectivity index (χ0v) is 17.3. The lowest BCUT2D eigenvalue weighted by atomic mass is 9.80. The van der Waals surface area contributed by atoms with Gasteiger partial charge in [-0.05, 0) is 54.6 Å². The van der Waals surface area contributed by atoms with Gasteiger partial charge in [-0.25, -0.2) is 9.97 Å². The lowest BCUT2D eigenvalue weighted by Crippen LogP contribution is -2.38. The van der Waals surface area contributed by atoms with Crippen LogP contribution in [0.15, 0.2) is 36.5 Å². The summed E-state index contributed by atoms with van der Waals surface area (Å²) in [6, 6.07) is 7.75. The molecule has 2 aromatic heterocycles. The van der Waals surface area contributed by atoms with Gasteiger partial charge in [0.2, 0.25) is 0 Å². The van der Waals surface area contributed by atoms with Crippen LogP contribution in [-0.2, 0) is 19.8 Å². The molecular weight excluding hydrogens is 392 g/mol. The van der Waals surface area contributed by atoms with E-state index in [-0.39, 0.29) is 11.8 Å². The van der Waals surface area contributed by atoms with Gasteiger partial charge in [0.1, 0.15) is 11.6 Å². The molecule has 8 heteroatoms. The molecule has 30 heavy (non-hydrogen) atoms. The first-order chi connectivity index (χ1) is 14.3. The molecule has 1 aromatic carbocycles. The molecule has 3 heterocycles. The SMILES string of the molecule is CC1CN(Cc2nc3ncccc3n2C)CCC1c1ccc(C(F)(F)F)cc1O[11CH3]. The van der Waals surface area contributed by atoms with Gasteiger partial charge in [0.05, 0.1) is 24.7 Å². The van der Waals surface area contributed by atoms with Crippen LogP contribution >= 0.6 is 0 Å². The molecule has 0 bridgehead atoms. The minimum Gasteiger partial charge on any atom is -0.496 e. The van der Waals surface area contributed by atoms with Crippen molar-refractivity contribution in [3.63, 3.8) is 0 Å². The van der Waals surface area contributed by atoms with Crippen LogP contribution in [0.5, 0.6) is 5.75 Å². The Morgan fingerprint density at radius 3 is 2.70 bits per heavy atom. The lowest BCUT2D eigenvalue weighted by molar-refractivity contribution is -0.137. The number of nitrogens with zero attached hydrogens (tertiary/aromatic N) is 4. The molecule has 0 aliphatic carbocycles. The first-order valence-corrected chi connectivity index (χ1v) is 10.0. The number of methoxy groups -OCH3 is 1. The van der Waals surface area contributed by atoms with Crippen molar-refractivity contribution in [2.45, 2.75) is 32.0 Å². The Hall–Kier alpha value is -2.61. The summed E-state index contributed by atoms with van der Waals surface area (Å²) in [6.45, 7) is 4.54. The highest BCUT2D eigenvalue weighted by Gasteiger charge is 2.34. The number of hydrogen-bond donors (Lipinski definition) is 0.